The maximum atomic E-state index is 13.8. The van der Waals surface area contributed by atoms with Gasteiger partial charge >= 0.3 is 0 Å². The summed E-state index contributed by atoms with van der Waals surface area (Å²) in [5, 5.41) is 10.9. The average Bonchev–Trinajstić information content (AvgIpc) is 3.71. The number of aromatic nitrogens is 1. The molecule has 0 bridgehead atoms. The van der Waals surface area contributed by atoms with Crippen LogP contribution >= 0.6 is 11.6 Å². The molecule has 0 spiro atoms. The molecule has 10 nitrogen and oxygen atoms in total. The van der Waals surface area contributed by atoms with Crippen LogP contribution in [0.1, 0.15) is 51.0 Å². The zero-order valence-corrected chi connectivity index (χ0v) is 21.2. The minimum absolute atomic E-state index is 0.00754. The Bertz CT molecular complexity index is 1420. The number of nitrogens with zero attached hydrogens (tertiary/aromatic N) is 4. The van der Waals surface area contributed by atoms with E-state index in [1.54, 1.807) is 4.90 Å². The highest BCUT2D eigenvalue weighted by Crippen LogP contribution is 2.46. The zero-order chi connectivity index (χ0) is 26.7. The number of fused-ring (bicyclic) bond motifs is 3. The molecule has 4 aliphatic rings. The van der Waals surface area contributed by atoms with Gasteiger partial charge in [-0.2, -0.15) is 0 Å². The Balaban J connectivity index is 1.34. The lowest BCUT2D eigenvalue weighted by Gasteiger charge is -2.31. The van der Waals surface area contributed by atoms with Gasteiger partial charge in [-0.3, -0.25) is 23.7 Å². The molecule has 1 saturated heterocycles. The molecule has 2 aromatic rings. The minimum Gasteiger partial charge on any atom is -0.502 e. The fourth-order valence-electron chi connectivity index (χ4n) is 5.68. The van der Waals surface area contributed by atoms with Crippen molar-refractivity contribution in [3.8, 4) is 5.75 Å². The van der Waals surface area contributed by atoms with Crippen LogP contribution in [0.15, 0.2) is 23.0 Å². The summed E-state index contributed by atoms with van der Waals surface area (Å²) < 4.78 is 20.2. The number of morpholine rings is 1. The highest BCUT2D eigenvalue weighted by atomic mass is 35.5. The Morgan fingerprint density at radius 3 is 2.53 bits per heavy atom. The summed E-state index contributed by atoms with van der Waals surface area (Å²) in [4.78, 5) is 58.2. The number of hydrogen-bond acceptors (Lipinski definition) is 6. The third-order valence-electron chi connectivity index (χ3n) is 7.74. The van der Waals surface area contributed by atoms with E-state index in [2.05, 4.69) is 0 Å². The minimum atomic E-state index is -0.814. The van der Waals surface area contributed by atoms with Crippen LogP contribution in [0.2, 0.25) is 5.02 Å². The molecule has 3 aliphatic heterocycles. The first-order valence-electron chi connectivity index (χ1n) is 12.7. The summed E-state index contributed by atoms with van der Waals surface area (Å²) in [7, 11) is 0. The number of hydrogen-bond donors (Lipinski definition) is 1. The lowest BCUT2D eigenvalue weighted by atomic mass is 9.95. The van der Waals surface area contributed by atoms with Gasteiger partial charge in [0.15, 0.2) is 5.75 Å². The number of carbonyl (C=O) groups is 3. The highest BCUT2D eigenvalue weighted by Gasteiger charge is 2.50. The van der Waals surface area contributed by atoms with Crippen molar-refractivity contribution in [1.82, 2.24) is 19.3 Å². The van der Waals surface area contributed by atoms with E-state index in [-0.39, 0.29) is 54.2 Å². The predicted molar refractivity (Wildman–Crippen MR) is 132 cm³/mol. The fourth-order valence-corrected chi connectivity index (χ4v) is 5.89. The number of aromatic hydroxyl groups is 1. The van der Waals surface area contributed by atoms with Crippen LogP contribution in [0.4, 0.5) is 4.39 Å². The van der Waals surface area contributed by atoms with Crippen LogP contribution in [0.5, 0.6) is 5.75 Å². The van der Waals surface area contributed by atoms with Gasteiger partial charge in [0.25, 0.3) is 17.4 Å². The molecule has 38 heavy (non-hydrogen) atoms. The summed E-state index contributed by atoms with van der Waals surface area (Å²) in [6.45, 7) is 1.84. The van der Waals surface area contributed by atoms with Crippen molar-refractivity contribution < 1.29 is 28.6 Å². The predicted octanol–water partition coefficient (Wildman–Crippen LogP) is 1.77. The Hall–Kier alpha value is -3.44. The number of ether oxygens (including phenoxy) is 1. The van der Waals surface area contributed by atoms with Gasteiger partial charge in [-0.05, 0) is 42.9 Å². The largest absolute Gasteiger partial charge is 0.502 e. The van der Waals surface area contributed by atoms with E-state index in [0.717, 1.165) is 12.8 Å². The first-order chi connectivity index (χ1) is 18.3. The van der Waals surface area contributed by atoms with Crippen LogP contribution in [0.3, 0.4) is 0 Å². The Morgan fingerprint density at radius 1 is 1.11 bits per heavy atom. The third-order valence-corrected chi connectivity index (χ3v) is 8.03. The van der Waals surface area contributed by atoms with Crippen molar-refractivity contribution in [3.63, 3.8) is 0 Å². The summed E-state index contributed by atoms with van der Waals surface area (Å²) >= 11 is 5.88. The van der Waals surface area contributed by atoms with Gasteiger partial charge in [0.1, 0.15) is 24.2 Å². The summed E-state index contributed by atoms with van der Waals surface area (Å²) in [6, 6.07) is 4.14. The van der Waals surface area contributed by atoms with Crippen molar-refractivity contribution in [3.05, 3.63) is 61.8 Å². The van der Waals surface area contributed by atoms with E-state index >= 15 is 0 Å². The molecular formula is C26H26ClFN4O6. The second-order valence-electron chi connectivity index (χ2n) is 10.1. The van der Waals surface area contributed by atoms with Gasteiger partial charge in [0.05, 0.1) is 23.8 Å². The van der Waals surface area contributed by atoms with E-state index in [9.17, 15) is 28.7 Å². The number of halogens is 2. The molecule has 1 saturated carbocycles. The van der Waals surface area contributed by atoms with Gasteiger partial charge in [-0.15, -0.1) is 0 Å². The molecule has 1 N–H and O–H groups in total. The molecule has 6 rings (SSSR count). The van der Waals surface area contributed by atoms with Crippen LogP contribution in [-0.2, 0) is 22.5 Å². The summed E-state index contributed by atoms with van der Waals surface area (Å²) in [6.07, 6.45) is 1.13. The molecule has 200 valence electrons. The lowest BCUT2D eigenvalue weighted by molar-refractivity contribution is -0.136. The maximum absolute atomic E-state index is 13.8. The normalized spacial score (nSPS) is 21.1. The molecule has 1 atom stereocenters. The van der Waals surface area contributed by atoms with E-state index in [1.807, 2.05) is 0 Å². The average molecular weight is 545 g/mol. The third kappa shape index (κ3) is 4.04. The Kier molecular flexibility index (Phi) is 6.14. The molecule has 2 fully saturated rings. The topological polar surface area (TPSA) is 112 Å². The number of carbonyl (C=O) groups excluding carboxylic acids is 3. The van der Waals surface area contributed by atoms with Crippen molar-refractivity contribution in [2.45, 2.75) is 32.0 Å². The monoisotopic (exact) mass is 544 g/mol. The first-order valence-corrected chi connectivity index (χ1v) is 13.0. The van der Waals surface area contributed by atoms with Crippen molar-refractivity contribution in [2.24, 2.45) is 5.92 Å². The van der Waals surface area contributed by atoms with Crippen LogP contribution in [-0.4, -0.2) is 81.5 Å². The Labute approximate surface area is 222 Å². The molecule has 1 unspecified atom stereocenters. The molecule has 3 amide bonds. The van der Waals surface area contributed by atoms with Gasteiger partial charge < -0.3 is 24.5 Å². The van der Waals surface area contributed by atoms with Crippen LogP contribution < -0.4 is 5.56 Å². The zero-order valence-electron chi connectivity index (χ0n) is 20.5. The van der Waals surface area contributed by atoms with Gasteiger partial charge in [-0.25, -0.2) is 4.39 Å². The Morgan fingerprint density at radius 2 is 1.84 bits per heavy atom. The lowest BCUT2D eigenvalue weighted by Crippen LogP contribution is -2.47. The molecule has 0 radical (unpaired) electrons. The highest BCUT2D eigenvalue weighted by molar-refractivity contribution is 6.30. The van der Waals surface area contributed by atoms with E-state index < -0.39 is 35.1 Å². The molecule has 1 aliphatic carbocycles. The summed E-state index contributed by atoms with van der Waals surface area (Å²) in [5.41, 5.74) is -0.0247. The summed E-state index contributed by atoms with van der Waals surface area (Å²) in [5.74, 6) is -2.59. The van der Waals surface area contributed by atoms with Crippen molar-refractivity contribution >= 4 is 29.3 Å². The number of amides is 3. The molecular weight excluding hydrogens is 519 g/mol. The van der Waals surface area contributed by atoms with E-state index in [1.165, 1.54) is 32.6 Å². The second kappa shape index (κ2) is 9.39. The molecule has 1 aromatic carbocycles. The SMILES string of the molecule is O=C(CN1C(=O)c2c3c(c(O)c(=O)n2C1C1CC1)C(=O)N(Cc1ccc(F)c(Cl)c1)CC3)N1CCOCC1. The van der Waals surface area contributed by atoms with Gasteiger partial charge in [0.2, 0.25) is 5.91 Å². The first kappa shape index (κ1) is 24.9. The molecule has 1 aromatic heterocycles. The second-order valence-corrected chi connectivity index (χ2v) is 10.5. The van der Waals surface area contributed by atoms with E-state index in [0.29, 0.717) is 37.4 Å². The van der Waals surface area contributed by atoms with Gasteiger partial charge in [-0.1, -0.05) is 17.7 Å². The maximum Gasteiger partial charge on any atom is 0.295 e. The number of rotatable bonds is 5. The smallest absolute Gasteiger partial charge is 0.295 e. The van der Waals surface area contributed by atoms with Crippen LogP contribution in [0.25, 0.3) is 0 Å². The van der Waals surface area contributed by atoms with Crippen molar-refractivity contribution in [1.29, 1.82) is 0 Å². The molecule has 12 heteroatoms. The van der Waals surface area contributed by atoms with Gasteiger partial charge in [0, 0.05) is 31.7 Å². The number of pyridine rings is 1. The van der Waals surface area contributed by atoms with Crippen LogP contribution in [0, 0.1) is 11.7 Å². The standard InChI is InChI=1S/C26H26ClFN4O6/c27-17-11-14(1-4-18(17)28)12-30-6-5-16-20(24(30)35)22(34)26(37)32-21(16)25(36)31(23(32)15-2-3-15)13-19(33)29-7-9-38-10-8-29/h1,4,11,15,23,34H,2-3,5-10,12-13H2. The number of benzene rings is 1. The fraction of sp³-hybridized carbons (Fsp3) is 0.462. The molecule has 4 heterocycles. The van der Waals surface area contributed by atoms with E-state index in [4.69, 9.17) is 16.3 Å². The van der Waals surface area contributed by atoms with Crippen molar-refractivity contribution in [2.75, 3.05) is 39.4 Å². The quantitative estimate of drug-likeness (QED) is 0.614.